The lowest BCUT2D eigenvalue weighted by Crippen LogP contribution is -2.33. The molecule has 0 fully saturated rings. The molecule has 10 heteroatoms. The number of esters is 1. The number of carboxylic acid groups (broad SMARTS) is 1. The van der Waals surface area contributed by atoms with Gasteiger partial charge in [0.25, 0.3) is 5.69 Å². The van der Waals surface area contributed by atoms with Crippen molar-refractivity contribution in [3.8, 4) is 0 Å². The summed E-state index contributed by atoms with van der Waals surface area (Å²) in [7, 11) is 1.67. The number of nitro benzene ring substituents is 1. The fourth-order valence-electron chi connectivity index (χ4n) is 4.70. The summed E-state index contributed by atoms with van der Waals surface area (Å²) in [6.45, 7) is 4.04. The lowest BCUT2D eigenvalue weighted by atomic mass is 9.80. The molecule has 210 valence electrons. The average molecular weight is 555 g/mol. The highest BCUT2D eigenvalue weighted by atomic mass is 16.6. The molecule has 0 saturated carbocycles. The first-order valence-corrected chi connectivity index (χ1v) is 12.8. The van der Waals surface area contributed by atoms with Gasteiger partial charge < -0.3 is 19.3 Å². The van der Waals surface area contributed by atoms with Gasteiger partial charge in [-0.15, -0.1) is 0 Å². The zero-order valence-electron chi connectivity index (χ0n) is 22.9. The summed E-state index contributed by atoms with van der Waals surface area (Å²) in [6.07, 6.45) is 12.6. The van der Waals surface area contributed by atoms with E-state index >= 15 is 0 Å². The number of non-ortho nitro benzene ring substituents is 1. The van der Waals surface area contributed by atoms with E-state index in [-0.39, 0.29) is 23.4 Å². The first-order chi connectivity index (χ1) is 19.7. The standard InChI is InChI=1S/C31H30N4O6/c1-21-27(30(36)37)29(25-9-7-10-26(18-25)35(39)40)28(22(2)33(21)3)31(38)41-17-6-4-5-8-23-11-13-24(14-12-23)19-34-16-15-32-20-34/h4-16,18,20,29H,17,19H2,1-3H3,(H,36,37). The van der Waals surface area contributed by atoms with Crippen molar-refractivity contribution >= 4 is 23.7 Å². The second kappa shape index (κ2) is 12.7. The van der Waals surface area contributed by atoms with Crippen molar-refractivity contribution in [2.24, 2.45) is 0 Å². The van der Waals surface area contributed by atoms with Crippen LogP contribution < -0.4 is 0 Å². The fraction of sp³-hybridized carbons (Fsp3) is 0.194. The lowest BCUT2D eigenvalue weighted by molar-refractivity contribution is -0.384. The number of hydrogen-bond donors (Lipinski definition) is 1. The Bertz CT molecular complexity index is 1570. The van der Waals surface area contributed by atoms with Crippen LogP contribution in [-0.4, -0.2) is 50.1 Å². The number of ether oxygens (including phenoxy) is 1. The molecule has 2 aromatic carbocycles. The number of rotatable bonds is 10. The van der Waals surface area contributed by atoms with Gasteiger partial charge in [0.2, 0.25) is 0 Å². The monoisotopic (exact) mass is 554 g/mol. The number of aromatic nitrogens is 2. The van der Waals surface area contributed by atoms with Gasteiger partial charge in [0.1, 0.15) is 6.61 Å². The molecule has 4 rings (SSSR count). The van der Waals surface area contributed by atoms with Crippen molar-refractivity contribution in [2.75, 3.05) is 13.7 Å². The Hall–Kier alpha value is -5.25. The summed E-state index contributed by atoms with van der Waals surface area (Å²) in [6, 6.07) is 13.8. The Labute approximate surface area is 237 Å². The third-order valence-electron chi connectivity index (χ3n) is 6.98. The molecule has 0 radical (unpaired) electrons. The maximum absolute atomic E-state index is 13.3. The summed E-state index contributed by atoms with van der Waals surface area (Å²) in [5.74, 6) is -2.95. The molecule has 1 aromatic heterocycles. The van der Waals surface area contributed by atoms with Crippen molar-refractivity contribution in [1.29, 1.82) is 0 Å². The summed E-state index contributed by atoms with van der Waals surface area (Å²) >= 11 is 0. The van der Waals surface area contributed by atoms with Crippen molar-refractivity contribution < 1.29 is 24.4 Å². The maximum atomic E-state index is 13.3. The van der Waals surface area contributed by atoms with E-state index in [2.05, 4.69) is 4.98 Å². The summed E-state index contributed by atoms with van der Waals surface area (Å²) in [5.41, 5.74) is 3.31. The molecule has 1 aliphatic rings. The number of hydrogen-bond acceptors (Lipinski definition) is 7. The predicted octanol–water partition coefficient (Wildman–Crippen LogP) is 5.31. The molecule has 10 nitrogen and oxygen atoms in total. The molecule has 0 amide bonds. The summed E-state index contributed by atoms with van der Waals surface area (Å²) < 4.78 is 7.50. The Morgan fingerprint density at radius 1 is 1.10 bits per heavy atom. The highest BCUT2D eigenvalue weighted by Crippen LogP contribution is 2.42. The number of aliphatic carboxylic acids is 1. The Balaban J connectivity index is 1.46. The quantitative estimate of drug-likeness (QED) is 0.154. The molecule has 1 unspecified atom stereocenters. The highest BCUT2D eigenvalue weighted by molar-refractivity contribution is 5.99. The SMILES string of the molecule is CC1=C(C(=O)O)C(c2cccc([N+](=O)[O-])c2)C(C(=O)OCC=CC=Cc2ccc(Cn3ccnc3)cc2)=C(C)N1C. The molecule has 0 spiro atoms. The molecule has 0 bridgehead atoms. The summed E-state index contributed by atoms with van der Waals surface area (Å²) in [5, 5.41) is 21.4. The Kier molecular flexibility index (Phi) is 8.93. The van der Waals surface area contributed by atoms with Crippen LogP contribution in [-0.2, 0) is 20.9 Å². The Morgan fingerprint density at radius 3 is 2.49 bits per heavy atom. The number of carboxylic acids is 1. The zero-order valence-corrected chi connectivity index (χ0v) is 22.9. The number of benzene rings is 2. The van der Waals surface area contributed by atoms with Gasteiger partial charge in [-0.2, -0.15) is 0 Å². The van der Waals surface area contributed by atoms with Crippen LogP contribution in [0.25, 0.3) is 6.08 Å². The van der Waals surface area contributed by atoms with E-state index < -0.39 is 22.8 Å². The van der Waals surface area contributed by atoms with E-state index in [0.29, 0.717) is 17.0 Å². The molecule has 0 aliphatic carbocycles. The van der Waals surface area contributed by atoms with Gasteiger partial charge >= 0.3 is 11.9 Å². The van der Waals surface area contributed by atoms with E-state index in [1.807, 2.05) is 47.2 Å². The molecule has 1 aliphatic heterocycles. The van der Waals surface area contributed by atoms with Crippen LogP contribution in [0.2, 0.25) is 0 Å². The van der Waals surface area contributed by atoms with Gasteiger partial charge in [-0.05, 0) is 36.6 Å². The third kappa shape index (κ3) is 6.67. The number of carbonyl (C=O) groups excluding carboxylic acids is 1. The second-order valence-electron chi connectivity index (χ2n) is 9.51. The van der Waals surface area contributed by atoms with Crippen molar-refractivity contribution in [1.82, 2.24) is 14.5 Å². The average Bonchev–Trinajstić information content (AvgIpc) is 3.47. The molecule has 1 N–H and O–H groups in total. The molecular formula is C31H30N4O6. The molecule has 41 heavy (non-hydrogen) atoms. The molecule has 3 aromatic rings. The number of carbonyl (C=O) groups is 2. The van der Waals surface area contributed by atoms with Crippen LogP contribution in [0, 0.1) is 10.1 Å². The molecule has 2 heterocycles. The van der Waals surface area contributed by atoms with Crippen molar-refractivity contribution in [3.63, 3.8) is 0 Å². The Morgan fingerprint density at radius 2 is 1.83 bits per heavy atom. The third-order valence-corrected chi connectivity index (χ3v) is 6.98. The van der Waals surface area contributed by atoms with E-state index in [1.165, 1.54) is 18.2 Å². The van der Waals surface area contributed by atoms with Crippen molar-refractivity contribution in [2.45, 2.75) is 26.3 Å². The lowest BCUT2D eigenvalue weighted by Gasteiger charge is -2.35. The first kappa shape index (κ1) is 28.8. The minimum Gasteiger partial charge on any atom is -0.478 e. The van der Waals surface area contributed by atoms with Gasteiger partial charge in [-0.3, -0.25) is 10.1 Å². The van der Waals surface area contributed by atoms with E-state index in [9.17, 15) is 24.8 Å². The van der Waals surface area contributed by atoms with E-state index in [4.69, 9.17) is 4.74 Å². The number of allylic oxidation sites excluding steroid dienone is 4. The number of imidazole rings is 1. The van der Waals surface area contributed by atoms with Gasteiger partial charge in [0.15, 0.2) is 0 Å². The smallest absolute Gasteiger partial charge is 0.337 e. The van der Waals surface area contributed by atoms with Crippen LogP contribution in [0.1, 0.15) is 36.5 Å². The van der Waals surface area contributed by atoms with Gasteiger partial charge in [-0.1, -0.05) is 54.6 Å². The molecule has 0 saturated heterocycles. The van der Waals surface area contributed by atoms with E-state index in [1.54, 1.807) is 56.5 Å². The second-order valence-corrected chi connectivity index (χ2v) is 9.51. The maximum Gasteiger partial charge on any atom is 0.337 e. The first-order valence-electron chi connectivity index (χ1n) is 12.8. The minimum atomic E-state index is -1.22. The predicted molar refractivity (Wildman–Crippen MR) is 154 cm³/mol. The normalized spacial score (nSPS) is 15.7. The van der Waals surface area contributed by atoms with Crippen LogP contribution >= 0.6 is 0 Å². The number of nitrogens with zero attached hydrogens (tertiary/aromatic N) is 4. The number of nitro groups is 1. The van der Waals surface area contributed by atoms with Crippen LogP contribution in [0.15, 0.2) is 108 Å². The highest BCUT2D eigenvalue weighted by Gasteiger charge is 2.39. The topological polar surface area (TPSA) is 128 Å². The molecule has 1 atom stereocenters. The van der Waals surface area contributed by atoms with Crippen molar-refractivity contribution in [3.05, 3.63) is 135 Å². The molecular weight excluding hydrogens is 524 g/mol. The zero-order chi connectivity index (χ0) is 29.5. The van der Waals surface area contributed by atoms with E-state index in [0.717, 1.165) is 17.7 Å². The van der Waals surface area contributed by atoms with Gasteiger partial charge in [0, 0.05) is 49.5 Å². The van der Waals surface area contributed by atoms with Crippen LogP contribution in [0.3, 0.4) is 0 Å². The minimum absolute atomic E-state index is 0.0414. The van der Waals surface area contributed by atoms with Gasteiger partial charge in [-0.25, -0.2) is 14.6 Å². The van der Waals surface area contributed by atoms with Crippen LogP contribution in [0.4, 0.5) is 5.69 Å². The summed E-state index contributed by atoms with van der Waals surface area (Å²) in [4.78, 5) is 42.1. The van der Waals surface area contributed by atoms with Gasteiger partial charge in [0.05, 0.1) is 28.3 Å². The largest absolute Gasteiger partial charge is 0.478 e. The fourth-order valence-corrected chi connectivity index (χ4v) is 4.70. The van der Waals surface area contributed by atoms with Crippen LogP contribution in [0.5, 0.6) is 0 Å².